The predicted molar refractivity (Wildman–Crippen MR) is 70.3 cm³/mol. The Kier molecular flexibility index (Phi) is 4.57. The van der Waals surface area contributed by atoms with E-state index in [1.165, 1.54) is 38.0 Å². The molecule has 1 heterocycles. The molecule has 0 amide bonds. The summed E-state index contributed by atoms with van der Waals surface area (Å²) in [6.07, 6.45) is 3.32. The fourth-order valence-corrected chi connectivity index (χ4v) is 2.78. The molecular formula is C15H24NO+. The smallest absolute Gasteiger partial charge is 0.104 e. The van der Waals surface area contributed by atoms with Crippen LogP contribution in [0.25, 0.3) is 0 Å². The maximum atomic E-state index is 5.76. The van der Waals surface area contributed by atoms with Crippen LogP contribution in [0.4, 0.5) is 0 Å². The van der Waals surface area contributed by atoms with E-state index in [1.807, 2.05) is 0 Å². The van der Waals surface area contributed by atoms with Crippen molar-refractivity contribution in [2.75, 3.05) is 19.6 Å². The number of aryl methyl sites for hydroxylation is 1. The average Bonchev–Trinajstić information content (AvgIpc) is 2.29. The van der Waals surface area contributed by atoms with Crippen LogP contribution >= 0.6 is 0 Å². The molecule has 2 rings (SSSR count). The van der Waals surface area contributed by atoms with Crippen LogP contribution in [0.5, 0.6) is 0 Å². The SMILES string of the molecule is C[C@@H]1C[NH+](CCCc2ccccc2)C[C@@H](C)O1. The standard InChI is InChI=1S/C15H23NO/c1-13-11-16(12-14(2)17-13)10-6-9-15-7-4-3-5-8-15/h3-5,7-8,13-14H,6,9-12H2,1-2H3/p+1/t13-,14-/m1/s1. The third-order valence-corrected chi connectivity index (χ3v) is 3.46. The summed E-state index contributed by atoms with van der Waals surface area (Å²) in [7, 11) is 0. The summed E-state index contributed by atoms with van der Waals surface area (Å²) in [5, 5.41) is 0. The van der Waals surface area contributed by atoms with Gasteiger partial charge in [-0.1, -0.05) is 30.3 Å². The first-order valence-corrected chi connectivity index (χ1v) is 6.77. The monoisotopic (exact) mass is 234 g/mol. The number of hydrogen-bond acceptors (Lipinski definition) is 1. The van der Waals surface area contributed by atoms with Crippen molar-refractivity contribution in [3.05, 3.63) is 35.9 Å². The quantitative estimate of drug-likeness (QED) is 0.829. The lowest BCUT2D eigenvalue weighted by molar-refractivity contribution is -0.915. The van der Waals surface area contributed by atoms with E-state index >= 15 is 0 Å². The van der Waals surface area contributed by atoms with E-state index in [9.17, 15) is 0 Å². The van der Waals surface area contributed by atoms with Crippen molar-refractivity contribution < 1.29 is 9.64 Å². The van der Waals surface area contributed by atoms with Crippen molar-refractivity contribution in [2.24, 2.45) is 0 Å². The topological polar surface area (TPSA) is 13.7 Å². The molecule has 1 N–H and O–H groups in total. The van der Waals surface area contributed by atoms with E-state index in [1.54, 1.807) is 4.90 Å². The van der Waals surface area contributed by atoms with Gasteiger partial charge in [0.25, 0.3) is 0 Å². The Morgan fingerprint density at radius 3 is 2.41 bits per heavy atom. The molecule has 0 spiro atoms. The second kappa shape index (κ2) is 6.18. The van der Waals surface area contributed by atoms with Crippen molar-refractivity contribution in [2.45, 2.75) is 38.9 Å². The van der Waals surface area contributed by atoms with Crippen LogP contribution in [0.3, 0.4) is 0 Å². The second-order valence-corrected chi connectivity index (χ2v) is 5.25. The van der Waals surface area contributed by atoms with Gasteiger partial charge in [-0.2, -0.15) is 0 Å². The van der Waals surface area contributed by atoms with Crippen molar-refractivity contribution in [3.63, 3.8) is 0 Å². The number of ether oxygens (including phenoxy) is 1. The zero-order valence-electron chi connectivity index (χ0n) is 11.0. The first-order chi connectivity index (χ1) is 8.24. The number of nitrogens with one attached hydrogen (secondary N) is 1. The van der Waals surface area contributed by atoms with Gasteiger partial charge in [0.15, 0.2) is 0 Å². The molecule has 0 aromatic heterocycles. The van der Waals surface area contributed by atoms with Gasteiger partial charge in [0.05, 0.1) is 6.54 Å². The summed E-state index contributed by atoms with van der Waals surface area (Å²) in [5.74, 6) is 0. The molecule has 94 valence electrons. The minimum atomic E-state index is 0.422. The van der Waals surface area contributed by atoms with Crippen LogP contribution in [0.15, 0.2) is 30.3 Å². The van der Waals surface area contributed by atoms with E-state index < -0.39 is 0 Å². The number of hydrogen-bond donors (Lipinski definition) is 1. The molecule has 2 nitrogen and oxygen atoms in total. The summed E-state index contributed by atoms with van der Waals surface area (Å²) in [5.41, 5.74) is 1.46. The first-order valence-electron chi connectivity index (χ1n) is 6.77. The number of quaternary nitrogens is 1. The summed E-state index contributed by atoms with van der Waals surface area (Å²) in [6.45, 7) is 7.98. The van der Waals surface area contributed by atoms with Crippen molar-refractivity contribution in [1.82, 2.24) is 0 Å². The fourth-order valence-electron chi connectivity index (χ4n) is 2.78. The van der Waals surface area contributed by atoms with E-state index in [2.05, 4.69) is 44.2 Å². The van der Waals surface area contributed by atoms with Crippen LogP contribution in [0.1, 0.15) is 25.8 Å². The van der Waals surface area contributed by atoms with Gasteiger partial charge in [-0.25, -0.2) is 0 Å². The second-order valence-electron chi connectivity index (χ2n) is 5.25. The van der Waals surface area contributed by atoms with Crippen molar-refractivity contribution in [3.8, 4) is 0 Å². The summed E-state index contributed by atoms with van der Waals surface area (Å²) >= 11 is 0. The molecule has 1 aliphatic heterocycles. The van der Waals surface area contributed by atoms with Crippen molar-refractivity contribution in [1.29, 1.82) is 0 Å². The molecule has 0 radical (unpaired) electrons. The van der Waals surface area contributed by atoms with E-state index in [0.29, 0.717) is 12.2 Å². The molecule has 1 aliphatic rings. The Balaban J connectivity index is 1.71. The minimum absolute atomic E-state index is 0.422. The van der Waals surface area contributed by atoms with E-state index in [4.69, 9.17) is 4.74 Å². The zero-order valence-corrected chi connectivity index (χ0v) is 11.0. The van der Waals surface area contributed by atoms with Gasteiger partial charge in [-0.3, -0.25) is 0 Å². The average molecular weight is 234 g/mol. The molecule has 1 fully saturated rings. The lowest BCUT2D eigenvalue weighted by Crippen LogP contribution is -3.15. The lowest BCUT2D eigenvalue weighted by atomic mass is 10.1. The third-order valence-electron chi connectivity index (χ3n) is 3.46. The Bertz CT molecular complexity index is 315. The molecule has 1 saturated heterocycles. The fraction of sp³-hybridized carbons (Fsp3) is 0.600. The molecule has 0 saturated carbocycles. The Hall–Kier alpha value is -0.860. The van der Waals surface area contributed by atoms with Gasteiger partial charge in [0.1, 0.15) is 25.3 Å². The maximum absolute atomic E-state index is 5.76. The van der Waals surface area contributed by atoms with Gasteiger partial charge in [0, 0.05) is 6.42 Å². The first kappa shape index (κ1) is 12.6. The molecular weight excluding hydrogens is 210 g/mol. The third kappa shape index (κ3) is 4.14. The van der Waals surface area contributed by atoms with Crippen LogP contribution in [-0.2, 0) is 11.2 Å². The van der Waals surface area contributed by atoms with Crippen LogP contribution in [-0.4, -0.2) is 31.8 Å². The molecule has 1 aromatic carbocycles. The van der Waals surface area contributed by atoms with Gasteiger partial charge in [-0.05, 0) is 25.8 Å². The Morgan fingerprint density at radius 1 is 1.12 bits per heavy atom. The Morgan fingerprint density at radius 2 is 1.76 bits per heavy atom. The number of rotatable bonds is 4. The van der Waals surface area contributed by atoms with Gasteiger partial charge < -0.3 is 9.64 Å². The predicted octanol–water partition coefficient (Wildman–Crippen LogP) is 1.31. The highest BCUT2D eigenvalue weighted by Crippen LogP contribution is 2.02. The zero-order chi connectivity index (χ0) is 12.1. The van der Waals surface area contributed by atoms with Crippen LogP contribution in [0.2, 0.25) is 0 Å². The normalized spacial score (nSPS) is 29.2. The minimum Gasteiger partial charge on any atom is -0.364 e. The van der Waals surface area contributed by atoms with Crippen LogP contribution < -0.4 is 4.90 Å². The molecule has 2 heteroatoms. The number of morpholine rings is 1. The molecule has 0 unspecified atom stereocenters. The molecule has 2 atom stereocenters. The molecule has 0 bridgehead atoms. The van der Waals surface area contributed by atoms with E-state index in [0.717, 1.165) is 0 Å². The summed E-state index contributed by atoms with van der Waals surface area (Å²) < 4.78 is 5.76. The molecule has 17 heavy (non-hydrogen) atoms. The highest BCUT2D eigenvalue weighted by atomic mass is 16.5. The van der Waals surface area contributed by atoms with Crippen LogP contribution in [0, 0.1) is 0 Å². The van der Waals surface area contributed by atoms with Gasteiger partial charge >= 0.3 is 0 Å². The van der Waals surface area contributed by atoms with Crippen molar-refractivity contribution >= 4 is 0 Å². The highest BCUT2D eigenvalue weighted by Gasteiger charge is 2.24. The highest BCUT2D eigenvalue weighted by molar-refractivity contribution is 5.14. The molecule has 0 aliphatic carbocycles. The largest absolute Gasteiger partial charge is 0.364 e. The number of benzene rings is 1. The van der Waals surface area contributed by atoms with Gasteiger partial charge in [-0.15, -0.1) is 0 Å². The summed E-state index contributed by atoms with van der Waals surface area (Å²) in [6, 6.07) is 10.8. The maximum Gasteiger partial charge on any atom is 0.104 e. The molecule has 1 aromatic rings. The van der Waals surface area contributed by atoms with Gasteiger partial charge in [0.2, 0.25) is 0 Å². The van der Waals surface area contributed by atoms with E-state index in [-0.39, 0.29) is 0 Å². The Labute approximate surface area is 105 Å². The summed E-state index contributed by atoms with van der Waals surface area (Å²) in [4.78, 5) is 1.70. The lowest BCUT2D eigenvalue weighted by Gasteiger charge is -2.32.